The fourth-order valence-electron chi connectivity index (χ4n) is 3.51. The predicted molar refractivity (Wildman–Crippen MR) is 85.4 cm³/mol. The van der Waals surface area contributed by atoms with Crippen LogP contribution in [0.2, 0.25) is 0 Å². The van der Waals surface area contributed by atoms with Gasteiger partial charge < -0.3 is 20.4 Å². The highest BCUT2D eigenvalue weighted by Crippen LogP contribution is 2.47. The molecule has 12 heteroatoms. The molecule has 1 rings (SSSR count). The van der Waals surface area contributed by atoms with Crippen LogP contribution in [0.25, 0.3) is 0 Å². The smallest absolute Gasteiger partial charge is 0.305 e. The summed E-state index contributed by atoms with van der Waals surface area (Å²) < 4.78 is 0. The normalized spacial score (nSPS) is 20.0. The first-order valence-corrected chi connectivity index (χ1v) is 8.00. The Morgan fingerprint density at radius 1 is 0.731 bits per heavy atom. The summed E-state index contributed by atoms with van der Waals surface area (Å²) in [5.41, 5.74) is 6.74. The fourth-order valence-corrected chi connectivity index (χ4v) is 3.51. The first-order chi connectivity index (χ1) is 12.1. The molecule has 12 nitrogen and oxygen atoms in total. The number of aliphatic carboxylic acids is 4. The molecule has 8 N–H and O–H groups in total. The van der Waals surface area contributed by atoms with Crippen molar-refractivity contribution in [1.29, 1.82) is 0 Å². The summed E-state index contributed by atoms with van der Waals surface area (Å²) >= 11 is 0. The lowest BCUT2D eigenvalue weighted by atomic mass is 9.60. The molecular weight excluding hydrogens is 352 g/mol. The van der Waals surface area contributed by atoms with Crippen molar-refractivity contribution in [3.05, 3.63) is 0 Å². The summed E-state index contributed by atoms with van der Waals surface area (Å²) in [4.78, 5) is 46.0. The lowest BCUT2D eigenvalue weighted by Crippen LogP contribution is -2.69. The lowest BCUT2D eigenvalue weighted by molar-refractivity contribution is -0.158. The molecule has 0 radical (unpaired) electrons. The second-order valence-corrected chi connectivity index (χ2v) is 6.40. The molecule has 0 spiro atoms. The van der Waals surface area contributed by atoms with Gasteiger partial charge >= 0.3 is 23.9 Å². The summed E-state index contributed by atoms with van der Waals surface area (Å²) in [6, 6.07) is 0. The van der Waals surface area contributed by atoms with Crippen LogP contribution in [0.5, 0.6) is 0 Å². The summed E-state index contributed by atoms with van der Waals surface area (Å²) in [6.45, 7) is 0.482. The monoisotopic (exact) mass is 376 g/mol. The maximum absolute atomic E-state index is 11.5. The molecule has 0 bridgehead atoms. The second kappa shape index (κ2) is 9.43. The van der Waals surface area contributed by atoms with Gasteiger partial charge in [-0.25, -0.2) is 10.9 Å². The molecule has 1 heterocycles. The highest BCUT2D eigenvalue weighted by molar-refractivity contribution is 5.77. The zero-order valence-corrected chi connectivity index (χ0v) is 14.1. The van der Waals surface area contributed by atoms with Gasteiger partial charge in [0.1, 0.15) is 0 Å². The number of hydrogen-bond donors (Lipinski definition) is 8. The first-order valence-electron chi connectivity index (χ1n) is 8.00. The second-order valence-electron chi connectivity index (χ2n) is 6.40. The van der Waals surface area contributed by atoms with Gasteiger partial charge in [0, 0.05) is 12.0 Å². The largest absolute Gasteiger partial charge is 0.481 e. The van der Waals surface area contributed by atoms with Gasteiger partial charge in [0.05, 0.1) is 31.2 Å². The molecule has 0 aromatic carbocycles. The van der Waals surface area contributed by atoms with Crippen LogP contribution in [0, 0.1) is 5.41 Å². The Labute approximate surface area is 148 Å². The summed E-state index contributed by atoms with van der Waals surface area (Å²) in [7, 11) is 0. The summed E-state index contributed by atoms with van der Waals surface area (Å²) in [5, 5.41) is 37.4. The molecule has 1 aliphatic heterocycles. The molecule has 0 atom stereocenters. The molecule has 148 valence electrons. The maximum atomic E-state index is 11.5. The third-order valence-corrected chi connectivity index (χ3v) is 4.56. The van der Waals surface area contributed by atoms with Crippen LogP contribution in [0.4, 0.5) is 0 Å². The molecule has 0 aliphatic carbocycles. The number of hydrogen-bond acceptors (Lipinski definition) is 8. The van der Waals surface area contributed by atoms with Crippen molar-refractivity contribution in [2.75, 3.05) is 6.54 Å². The minimum absolute atomic E-state index is 0.0303. The van der Waals surface area contributed by atoms with Gasteiger partial charge in [-0.2, -0.15) is 11.1 Å². The Balaban J connectivity index is 3.54. The van der Waals surface area contributed by atoms with E-state index in [2.05, 4.69) is 21.9 Å². The number of carboxylic acids is 4. The van der Waals surface area contributed by atoms with E-state index in [-0.39, 0.29) is 6.42 Å². The third kappa shape index (κ3) is 5.91. The van der Waals surface area contributed by atoms with Crippen LogP contribution in [0.15, 0.2) is 0 Å². The van der Waals surface area contributed by atoms with E-state index < -0.39 is 60.5 Å². The SMILES string of the molecule is O=C(O)CC1(CC(=O)O)CCCCNNNNC1(CC(=O)O)CC(=O)O. The Bertz CT molecular complexity index is 473. The number of rotatable bonds is 8. The van der Waals surface area contributed by atoms with Crippen molar-refractivity contribution in [3.63, 3.8) is 0 Å². The summed E-state index contributed by atoms with van der Waals surface area (Å²) in [6.07, 6.45) is -1.99. The highest BCUT2D eigenvalue weighted by atomic mass is 16.4. The van der Waals surface area contributed by atoms with Crippen molar-refractivity contribution in [2.45, 2.75) is 50.5 Å². The van der Waals surface area contributed by atoms with E-state index in [0.29, 0.717) is 19.4 Å². The zero-order valence-electron chi connectivity index (χ0n) is 14.1. The van der Waals surface area contributed by atoms with E-state index in [1.165, 1.54) is 0 Å². The van der Waals surface area contributed by atoms with E-state index in [4.69, 9.17) is 0 Å². The van der Waals surface area contributed by atoms with E-state index in [1.54, 1.807) is 0 Å². The fraction of sp³-hybridized carbons (Fsp3) is 0.714. The summed E-state index contributed by atoms with van der Waals surface area (Å²) in [5.74, 6) is -5.44. The van der Waals surface area contributed by atoms with Crippen molar-refractivity contribution in [2.24, 2.45) is 5.41 Å². The molecule has 1 saturated heterocycles. The van der Waals surface area contributed by atoms with Crippen molar-refractivity contribution in [1.82, 2.24) is 21.9 Å². The molecule has 0 aromatic heterocycles. The minimum Gasteiger partial charge on any atom is -0.481 e. The van der Waals surface area contributed by atoms with Gasteiger partial charge in [-0.3, -0.25) is 19.2 Å². The van der Waals surface area contributed by atoms with Crippen LogP contribution < -0.4 is 21.9 Å². The molecule has 0 amide bonds. The Kier molecular flexibility index (Phi) is 7.89. The molecule has 0 aromatic rings. The van der Waals surface area contributed by atoms with Gasteiger partial charge in [-0.15, -0.1) is 0 Å². The van der Waals surface area contributed by atoms with Gasteiger partial charge in [-0.1, -0.05) is 6.42 Å². The average molecular weight is 376 g/mol. The minimum atomic E-state index is -1.87. The standard InChI is InChI=1S/C14H24N4O8/c19-9(20)5-13(6-10(21)22)3-1-2-4-15-17-18-16-14(13,7-11(23)24)8-12(25)26/h15-18H,1-8H2,(H,19,20)(H,21,22)(H,23,24)(H,25,26). The van der Waals surface area contributed by atoms with Gasteiger partial charge in [0.25, 0.3) is 0 Å². The molecular formula is C14H24N4O8. The predicted octanol–water partition coefficient (Wildman–Crippen LogP) is -1.10. The quantitative estimate of drug-likeness (QED) is 0.255. The Hall–Kier alpha value is -2.28. The van der Waals surface area contributed by atoms with Crippen molar-refractivity contribution >= 4 is 23.9 Å². The Morgan fingerprint density at radius 3 is 1.69 bits per heavy atom. The molecule has 1 fully saturated rings. The molecule has 1 aliphatic rings. The van der Waals surface area contributed by atoms with Crippen LogP contribution in [-0.2, 0) is 19.2 Å². The third-order valence-electron chi connectivity index (χ3n) is 4.56. The van der Waals surface area contributed by atoms with Crippen molar-refractivity contribution in [3.8, 4) is 0 Å². The maximum Gasteiger partial charge on any atom is 0.305 e. The van der Waals surface area contributed by atoms with E-state index in [0.717, 1.165) is 0 Å². The highest BCUT2D eigenvalue weighted by Gasteiger charge is 2.55. The molecule has 0 unspecified atom stereocenters. The van der Waals surface area contributed by atoms with E-state index >= 15 is 0 Å². The number of hydrazine groups is 3. The van der Waals surface area contributed by atoms with E-state index in [9.17, 15) is 39.6 Å². The number of carboxylic acid groups (broad SMARTS) is 4. The molecule has 26 heavy (non-hydrogen) atoms. The van der Waals surface area contributed by atoms with Crippen LogP contribution in [0.1, 0.15) is 44.9 Å². The van der Waals surface area contributed by atoms with Crippen molar-refractivity contribution < 1.29 is 39.6 Å². The van der Waals surface area contributed by atoms with Gasteiger partial charge in [0.15, 0.2) is 0 Å². The molecule has 0 saturated carbocycles. The first kappa shape index (κ1) is 21.8. The number of nitrogens with one attached hydrogen (secondary N) is 4. The lowest BCUT2D eigenvalue weighted by Gasteiger charge is -2.49. The zero-order chi connectivity index (χ0) is 19.8. The van der Waals surface area contributed by atoms with Crippen LogP contribution >= 0.6 is 0 Å². The van der Waals surface area contributed by atoms with Crippen LogP contribution in [-0.4, -0.2) is 56.4 Å². The number of carbonyl (C=O) groups is 4. The van der Waals surface area contributed by atoms with Gasteiger partial charge in [0.2, 0.25) is 0 Å². The van der Waals surface area contributed by atoms with Gasteiger partial charge in [-0.05, 0) is 12.8 Å². The van der Waals surface area contributed by atoms with E-state index in [1.807, 2.05) is 0 Å². The Morgan fingerprint density at radius 2 is 1.23 bits per heavy atom. The topological polar surface area (TPSA) is 197 Å². The van der Waals surface area contributed by atoms with Crippen LogP contribution in [0.3, 0.4) is 0 Å². The average Bonchev–Trinajstić information content (AvgIpc) is 2.46.